The number of hydrogen-bond acceptors (Lipinski definition) is 8. The number of thioether (sulfide) groups is 1. The van der Waals surface area contributed by atoms with Gasteiger partial charge in [0, 0.05) is 54.7 Å². The smallest absolute Gasteiger partial charge is 0.275 e. The summed E-state index contributed by atoms with van der Waals surface area (Å²) in [6.07, 6.45) is 6.22. The lowest BCUT2D eigenvalue weighted by molar-refractivity contribution is -0.119. The molecule has 8 nitrogen and oxygen atoms in total. The Balaban J connectivity index is 1.07. The SMILES string of the molecule is O=C(CSc1nc(-c2cccc(NC(=O)c3cnccn3)c2)cs1)NC1CCN(Cc2ccc(Cl)c(Cl)c2)CC1. The summed E-state index contributed by atoms with van der Waals surface area (Å²) in [5.74, 6) is -0.00804. The maximum absolute atomic E-state index is 12.6. The topological polar surface area (TPSA) is 100 Å². The molecule has 206 valence electrons. The fourth-order valence-corrected chi connectivity index (χ4v) is 6.32. The summed E-state index contributed by atoms with van der Waals surface area (Å²) in [5.41, 5.74) is 3.68. The number of amides is 2. The van der Waals surface area contributed by atoms with Crippen molar-refractivity contribution in [2.75, 3.05) is 24.2 Å². The predicted molar refractivity (Wildman–Crippen MR) is 161 cm³/mol. The van der Waals surface area contributed by atoms with E-state index in [9.17, 15) is 9.59 Å². The zero-order valence-corrected chi connectivity index (χ0v) is 24.5. The minimum atomic E-state index is -0.331. The number of thiazole rings is 1. The molecular formula is C28H26Cl2N6O2S2. The van der Waals surface area contributed by atoms with Crippen molar-refractivity contribution < 1.29 is 9.59 Å². The van der Waals surface area contributed by atoms with Crippen LogP contribution in [0.15, 0.2) is 70.8 Å². The first-order valence-corrected chi connectivity index (χ1v) is 15.3. The van der Waals surface area contributed by atoms with Gasteiger partial charge in [-0.25, -0.2) is 9.97 Å². The predicted octanol–water partition coefficient (Wildman–Crippen LogP) is 6.03. The summed E-state index contributed by atoms with van der Waals surface area (Å²) >= 11 is 15.1. The van der Waals surface area contributed by atoms with Crippen molar-refractivity contribution in [2.24, 2.45) is 0 Å². The van der Waals surface area contributed by atoms with Crippen LogP contribution in [0.25, 0.3) is 11.3 Å². The molecule has 1 saturated heterocycles. The number of benzene rings is 2. The van der Waals surface area contributed by atoms with Gasteiger partial charge in [0.15, 0.2) is 4.34 Å². The number of aromatic nitrogens is 3. The Morgan fingerprint density at radius 1 is 1.07 bits per heavy atom. The van der Waals surface area contributed by atoms with Gasteiger partial charge in [-0.1, -0.05) is 53.2 Å². The molecule has 0 bridgehead atoms. The number of carbonyl (C=O) groups excluding carboxylic acids is 2. The van der Waals surface area contributed by atoms with Crippen molar-refractivity contribution in [3.63, 3.8) is 0 Å². The molecule has 0 saturated carbocycles. The van der Waals surface area contributed by atoms with Crippen LogP contribution in [0.2, 0.25) is 10.0 Å². The number of nitrogens with one attached hydrogen (secondary N) is 2. The molecule has 12 heteroatoms. The lowest BCUT2D eigenvalue weighted by Crippen LogP contribution is -2.44. The van der Waals surface area contributed by atoms with Crippen molar-refractivity contribution in [1.82, 2.24) is 25.2 Å². The van der Waals surface area contributed by atoms with Crippen LogP contribution in [0, 0.1) is 0 Å². The number of likely N-dealkylation sites (tertiary alicyclic amines) is 1. The molecule has 2 aromatic carbocycles. The quantitative estimate of drug-likeness (QED) is 0.222. The molecule has 4 aromatic rings. The third kappa shape index (κ3) is 7.80. The summed E-state index contributed by atoms with van der Waals surface area (Å²) in [5, 5.41) is 9.09. The maximum atomic E-state index is 12.6. The molecule has 1 fully saturated rings. The number of carbonyl (C=O) groups is 2. The van der Waals surface area contributed by atoms with E-state index in [2.05, 4.69) is 30.5 Å². The van der Waals surface area contributed by atoms with E-state index in [4.69, 9.17) is 23.2 Å². The van der Waals surface area contributed by atoms with Gasteiger partial charge in [0.05, 0.1) is 27.7 Å². The second kappa shape index (κ2) is 13.6. The Morgan fingerprint density at radius 3 is 2.70 bits per heavy atom. The van der Waals surface area contributed by atoms with E-state index in [0.29, 0.717) is 21.5 Å². The third-order valence-electron chi connectivity index (χ3n) is 6.36. The van der Waals surface area contributed by atoms with Crippen LogP contribution >= 0.6 is 46.3 Å². The number of nitrogens with zero attached hydrogens (tertiary/aromatic N) is 4. The van der Waals surface area contributed by atoms with E-state index in [1.54, 1.807) is 0 Å². The highest BCUT2D eigenvalue weighted by molar-refractivity contribution is 8.01. The van der Waals surface area contributed by atoms with Gasteiger partial charge in [-0.05, 0) is 42.7 Å². The highest BCUT2D eigenvalue weighted by Crippen LogP contribution is 2.30. The van der Waals surface area contributed by atoms with E-state index in [1.807, 2.05) is 47.8 Å². The standard InChI is InChI=1S/C28H26Cl2N6O2S2/c29-22-5-4-18(12-23(22)30)15-36-10-6-20(7-11-36)33-26(37)17-40-28-35-25(16-39-28)19-2-1-3-21(13-19)34-27(38)24-14-31-8-9-32-24/h1-5,8-9,12-14,16,20H,6-7,10-11,15,17H2,(H,33,37)(H,34,38). The highest BCUT2D eigenvalue weighted by Gasteiger charge is 2.21. The number of hydrogen-bond donors (Lipinski definition) is 2. The fourth-order valence-electron chi connectivity index (χ4n) is 4.35. The zero-order chi connectivity index (χ0) is 27.9. The molecule has 3 heterocycles. The van der Waals surface area contributed by atoms with E-state index in [0.717, 1.165) is 53.6 Å². The van der Waals surface area contributed by atoms with E-state index in [1.165, 1.54) is 41.7 Å². The molecule has 1 aliphatic heterocycles. The van der Waals surface area contributed by atoms with Gasteiger partial charge in [-0.3, -0.25) is 19.5 Å². The first-order chi connectivity index (χ1) is 19.4. The van der Waals surface area contributed by atoms with E-state index < -0.39 is 0 Å². The van der Waals surface area contributed by atoms with E-state index in [-0.39, 0.29) is 23.6 Å². The Hall–Kier alpha value is -3.02. The summed E-state index contributed by atoms with van der Waals surface area (Å²) in [7, 11) is 0. The number of piperidine rings is 1. The van der Waals surface area contributed by atoms with Gasteiger partial charge in [0.1, 0.15) is 5.69 Å². The Morgan fingerprint density at radius 2 is 1.93 bits per heavy atom. The van der Waals surface area contributed by atoms with Gasteiger partial charge >= 0.3 is 0 Å². The Labute approximate surface area is 250 Å². The Bertz CT molecular complexity index is 1480. The lowest BCUT2D eigenvalue weighted by atomic mass is 10.0. The molecule has 0 radical (unpaired) electrons. The first kappa shape index (κ1) is 28.5. The third-order valence-corrected chi connectivity index (χ3v) is 9.12. The first-order valence-electron chi connectivity index (χ1n) is 12.6. The van der Waals surface area contributed by atoms with Crippen LogP contribution in [-0.4, -0.2) is 56.6 Å². The van der Waals surface area contributed by atoms with Crippen molar-refractivity contribution in [2.45, 2.75) is 29.8 Å². The highest BCUT2D eigenvalue weighted by atomic mass is 35.5. The molecule has 1 aliphatic rings. The average Bonchev–Trinajstić information content (AvgIpc) is 3.45. The second-order valence-electron chi connectivity index (χ2n) is 9.28. The molecular weight excluding hydrogens is 587 g/mol. The lowest BCUT2D eigenvalue weighted by Gasteiger charge is -2.32. The number of anilines is 1. The second-order valence-corrected chi connectivity index (χ2v) is 12.2. The molecule has 2 amide bonds. The van der Waals surface area contributed by atoms with Crippen molar-refractivity contribution in [1.29, 1.82) is 0 Å². The van der Waals surface area contributed by atoms with Crippen molar-refractivity contribution >= 4 is 63.8 Å². The van der Waals surface area contributed by atoms with Crippen LogP contribution in [0.3, 0.4) is 0 Å². The van der Waals surface area contributed by atoms with Crippen molar-refractivity contribution in [3.05, 3.63) is 87.7 Å². The maximum Gasteiger partial charge on any atom is 0.275 e. The van der Waals surface area contributed by atoms with Crippen molar-refractivity contribution in [3.8, 4) is 11.3 Å². The monoisotopic (exact) mass is 612 g/mol. The Kier molecular flexibility index (Phi) is 9.66. The summed E-state index contributed by atoms with van der Waals surface area (Å²) in [6.45, 7) is 2.63. The minimum absolute atomic E-state index is 0.0124. The van der Waals surface area contributed by atoms with Crippen LogP contribution in [-0.2, 0) is 11.3 Å². The van der Waals surface area contributed by atoms with Crippen LogP contribution in [0.5, 0.6) is 0 Å². The van der Waals surface area contributed by atoms with Gasteiger partial charge in [-0.15, -0.1) is 11.3 Å². The molecule has 40 heavy (non-hydrogen) atoms. The largest absolute Gasteiger partial charge is 0.353 e. The molecule has 5 rings (SSSR count). The summed E-state index contributed by atoms with van der Waals surface area (Å²) in [6, 6.07) is 13.4. The van der Waals surface area contributed by atoms with Crippen LogP contribution < -0.4 is 10.6 Å². The summed E-state index contributed by atoms with van der Waals surface area (Å²) in [4.78, 5) is 40.0. The van der Waals surface area contributed by atoms with Gasteiger partial charge in [0.25, 0.3) is 5.91 Å². The van der Waals surface area contributed by atoms with Gasteiger partial charge in [-0.2, -0.15) is 0 Å². The van der Waals surface area contributed by atoms with Crippen LogP contribution in [0.4, 0.5) is 5.69 Å². The zero-order valence-electron chi connectivity index (χ0n) is 21.3. The summed E-state index contributed by atoms with van der Waals surface area (Å²) < 4.78 is 0.815. The molecule has 0 spiro atoms. The average molecular weight is 614 g/mol. The molecule has 2 N–H and O–H groups in total. The molecule has 0 atom stereocenters. The van der Waals surface area contributed by atoms with Gasteiger partial charge in [0.2, 0.25) is 5.91 Å². The molecule has 0 aliphatic carbocycles. The van der Waals surface area contributed by atoms with Crippen LogP contribution in [0.1, 0.15) is 28.9 Å². The number of rotatable bonds is 9. The fraction of sp³-hybridized carbons (Fsp3) is 0.250. The normalized spacial score (nSPS) is 14.2. The van der Waals surface area contributed by atoms with Gasteiger partial charge < -0.3 is 10.6 Å². The number of halogens is 2. The molecule has 2 aromatic heterocycles. The molecule has 0 unspecified atom stereocenters. The van der Waals surface area contributed by atoms with E-state index >= 15 is 0 Å². The minimum Gasteiger partial charge on any atom is -0.353 e.